The molecule has 0 N–H and O–H groups in total. The molecule has 5 nitrogen and oxygen atoms in total. The van der Waals surface area contributed by atoms with Crippen molar-refractivity contribution < 1.29 is 27.8 Å². The van der Waals surface area contributed by atoms with Crippen LogP contribution in [0.15, 0.2) is 66.7 Å². The summed E-state index contributed by atoms with van der Waals surface area (Å²) in [5.74, 6) is 0.797. The van der Waals surface area contributed by atoms with Crippen LogP contribution in [-0.2, 0) is 11.3 Å². The maximum absolute atomic E-state index is 14.2. The Morgan fingerprint density at radius 2 is 1.65 bits per heavy atom. The van der Waals surface area contributed by atoms with Gasteiger partial charge in [-0.05, 0) is 42.5 Å². The number of anilines is 1. The summed E-state index contributed by atoms with van der Waals surface area (Å²) in [6, 6.07) is 17.9. The van der Waals surface area contributed by atoms with Crippen LogP contribution in [0, 0.1) is 5.82 Å². The van der Waals surface area contributed by atoms with E-state index >= 15 is 0 Å². The van der Waals surface area contributed by atoms with Gasteiger partial charge in [0.05, 0.1) is 39.5 Å². The smallest absolute Gasteiger partial charge is 0.230 e. The molecule has 0 fully saturated rings. The Morgan fingerprint density at radius 3 is 2.32 bits per heavy atom. The summed E-state index contributed by atoms with van der Waals surface area (Å²) in [5, 5.41) is 0. The van der Waals surface area contributed by atoms with Crippen LogP contribution in [0.5, 0.6) is 23.0 Å². The van der Waals surface area contributed by atoms with E-state index < -0.39 is 18.4 Å². The molecule has 0 aliphatic carbocycles. The largest absolute Gasteiger partial charge is 0.497 e. The highest BCUT2D eigenvalue weighted by Gasteiger charge is 2.23. The summed E-state index contributed by atoms with van der Waals surface area (Å²) in [6.45, 7) is -0.831. The van der Waals surface area contributed by atoms with Crippen LogP contribution in [-0.4, -0.2) is 26.8 Å². The molecule has 7 heteroatoms. The number of carbonyl (C=O) groups excluding carboxylic acids is 1. The summed E-state index contributed by atoms with van der Waals surface area (Å²) in [4.78, 5) is 14.1. The molecular weight excluding hydrogens is 404 g/mol. The number of hydrogen-bond donors (Lipinski definition) is 0. The van der Waals surface area contributed by atoms with Gasteiger partial charge in [0.25, 0.3) is 0 Å². The predicted octanol–water partition coefficient (Wildman–Crippen LogP) is 5.53. The van der Waals surface area contributed by atoms with Crippen molar-refractivity contribution in [1.82, 2.24) is 0 Å². The van der Waals surface area contributed by atoms with Gasteiger partial charge in [-0.3, -0.25) is 9.18 Å². The Kier molecular flexibility index (Phi) is 7.43. The molecule has 31 heavy (non-hydrogen) atoms. The van der Waals surface area contributed by atoms with E-state index in [2.05, 4.69) is 0 Å². The molecule has 1 amide bonds. The zero-order chi connectivity index (χ0) is 22.2. The number of carbonyl (C=O) groups is 1. The molecule has 0 unspecified atom stereocenters. The van der Waals surface area contributed by atoms with E-state index in [4.69, 9.17) is 14.2 Å². The first-order valence-electron chi connectivity index (χ1n) is 9.65. The summed E-state index contributed by atoms with van der Waals surface area (Å²) in [6.07, 6.45) is -0.354. The highest BCUT2D eigenvalue weighted by molar-refractivity contribution is 5.95. The van der Waals surface area contributed by atoms with E-state index in [0.29, 0.717) is 22.8 Å². The number of halogens is 2. The van der Waals surface area contributed by atoms with Gasteiger partial charge >= 0.3 is 0 Å². The lowest BCUT2D eigenvalue weighted by Crippen LogP contribution is -2.31. The lowest BCUT2D eigenvalue weighted by Gasteiger charge is -2.26. The zero-order valence-electron chi connectivity index (χ0n) is 17.3. The van der Waals surface area contributed by atoms with Gasteiger partial charge < -0.3 is 19.1 Å². The quantitative estimate of drug-likeness (QED) is 0.451. The first kappa shape index (κ1) is 22.1. The van der Waals surface area contributed by atoms with Gasteiger partial charge in [-0.1, -0.05) is 18.2 Å². The van der Waals surface area contributed by atoms with Crippen molar-refractivity contribution in [3.63, 3.8) is 0 Å². The minimum Gasteiger partial charge on any atom is -0.497 e. The van der Waals surface area contributed by atoms with E-state index in [0.717, 1.165) is 0 Å². The van der Waals surface area contributed by atoms with Crippen LogP contribution in [0.3, 0.4) is 0 Å². The van der Waals surface area contributed by atoms with Gasteiger partial charge in [0, 0.05) is 11.6 Å². The fourth-order valence-electron chi connectivity index (χ4n) is 3.10. The van der Waals surface area contributed by atoms with E-state index in [1.165, 1.54) is 37.3 Å². The van der Waals surface area contributed by atoms with Crippen molar-refractivity contribution in [3.05, 3.63) is 78.1 Å². The number of para-hydroxylation sites is 1. The van der Waals surface area contributed by atoms with Gasteiger partial charge in [-0.25, -0.2) is 4.39 Å². The van der Waals surface area contributed by atoms with Crippen molar-refractivity contribution in [3.8, 4) is 23.0 Å². The Morgan fingerprint density at radius 1 is 0.903 bits per heavy atom. The van der Waals surface area contributed by atoms with Gasteiger partial charge in [-0.15, -0.1) is 0 Å². The number of hydrogen-bond acceptors (Lipinski definition) is 4. The fourth-order valence-corrected chi connectivity index (χ4v) is 3.10. The molecule has 162 valence electrons. The molecule has 0 bridgehead atoms. The van der Waals surface area contributed by atoms with Gasteiger partial charge in [0.2, 0.25) is 5.91 Å². The molecule has 0 aromatic heterocycles. The van der Waals surface area contributed by atoms with Crippen molar-refractivity contribution >= 4 is 11.6 Å². The van der Waals surface area contributed by atoms with Crippen molar-refractivity contribution in [2.24, 2.45) is 0 Å². The Hall–Kier alpha value is -3.61. The van der Waals surface area contributed by atoms with Crippen molar-refractivity contribution in [1.29, 1.82) is 0 Å². The van der Waals surface area contributed by atoms with Crippen molar-refractivity contribution in [2.75, 3.05) is 25.8 Å². The second kappa shape index (κ2) is 10.4. The monoisotopic (exact) mass is 427 g/mol. The van der Waals surface area contributed by atoms with Gasteiger partial charge in [-0.2, -0.15) is 0 Å². The maximum Gasteiger partial charge on any atom is 0.230 e. The SMILES string of the molecule is COc1ccc(OC)c(CN(C(=O)CCF)c2cc(F)ccc2Oc2ccccc2)c1. The Labute approximate surface area is 179 Å². The highest BCUT2D eigenvalue weighted by atomic mass is 19.1. The molecule has 0 aliphatic rings. The Bertz CT molecular complexity index is 1030. The molecule has 0 aliphatic heterocycles. The number of nitrogens with zero attached hydrogens (tertiary/aromatic N) is 1. The molecule has 3 rings (SSSR count). The van der Waals surface area contributed by atoms with Crippen LogP contribution in [0.1, 0.15) is 12.0 Å². The number of ether oxygens (including phenoxy) is 3. The standard InChI is InChI=1S/C24H23F2NO4/c1-29-20-9-11-22(30-2)17(14-20)16-27(24(28)12-13-25)21-15-18(26)8-10-23(21)31-19-6-4-3-5-7-19/h3-11,14-15H,12-13,16H2,1-2H3. The first-order valence-corrected chi connectivity index (χ1v) is 9.65. The highest BCUT2D eigenvalue weighted by Crippen LogP contribution is 2.36. The second-order valence-electron chi connectivity index (χ2n) is 6.62. The Balaban J connectivity index is 2.05. The summed E-state index contributed by atoms with van der Waals surface area (Å²) < 4.78 is 43.8. The van der Waals surface area contributed by atoms with Crippen LogP contribution >= 0.6 is 0 Å². The van der Waals surface area contributed by atoms with Crippen LogP contribution < -0.4 is 19.1 Å². The minimum atomic E-state index is -0.839. The topological polar surface area (TPSA) is 48.0 Å². The van der Waals surface area contributed by atoms with Gasteiger partial charge in [0.15, 0.2) is 5.75 Å². The molecule has 0 heterocycles. The summed E-state index contributed by atoms with van der Waals surface area (Å²) >= 11 is 0. The average molecular weight is 427 g/mol. The lowest BCUT2D eigenvalue weighted by molar-refractivity contribution is -0.119. The molecule has 3 aromatic carbocycles. The molecule has 0 spiro atoms. The van der Waals surface area contributed by atoms with E-state index in [9.17, 15) is 13.6 Å². The second-order valence-corrected chi connectivity index (χ2v) is 6.62. The van der Waals surface area contributed by atoms with Crippen LogP contribution in [0.2, 0.25) is 0 Å². The molecule has 0 atom stereocenters. The third kappa shape index (κ3) is 5.51. The number of benzene rings is 3. The molecule has 3 aromatic rings. The zero-order valence-corrected chi connectivity index (χ0v) is 17.3. The van der Waals surface area contributed by atoms with E-state index in [1.807, 2.05) is 6.07 Å². The molecule has 0 saturated heterocycles. The van der Waals surface area contributed by atoms with Crippen LogP contribution in [0.4, 0.5) is 14.5 Å². The normalized spacial score (nSPS) is 10.5. The maximum atomic E-state index is 14.2. The number of amides is 1. The van der Waals surface area contributed by atoms with E-state index in [-0.39, 0.29) is 24.4 Å². The molecule has 0 saturated carbocycles. The summed E-state index contributed by atoms with van der Waals surface area (Å²) in [7, 11) is 3.03. The predicted molar refractivity (Wildman–Crippen MR) is 114 cm³/mol. The first-order chi connectivity index (χ1) is 15.0. The number of alkyl halides is 1. The fraction of sp³-hybridized carbons (Fsp3) is 0.208. The summed E-state index contributed by atoms with van der Waals surface area (Å²) in [5.41, 5.74) is 0.802. The third-order valence-electron chi connectivity index (χ3n) is 4.61. The van der Waals surface area contributed by atoms with E-state index in [1.54, 1.807) is 42.5 Å². The van der Waals surface area contributed by atoms with Crippen LogP contribution in [0.25, 0.3) is 0 Å². The number of rotatable bonds is 9. The van der Waals surface area contributed by atoms with Gasteiger partial charge in [0.1, 0.15) is 23.1 Å². The lowest BCUT2D eigenvalue weighted by atomic mass is 10.1. The van der Waals surface area contributed by atoms with Crippen molar-refractivity contribution in [2.45, 2.75) is 13.0 Å². The molecular formula is C24H23F2NO4. The molecule has 0 radical (unpaired) electrons. The minimum absolute atomic E-state index is 0.00775. The third-order valence-corrected chi connectivity index (χ3v) is 4.61. The average Bonchev–Trinajstić information content (AvgIpc) is 2.79. The number of methoxy groups -OCH3 is 2.